The smallest absolute Gasteiger partial charge is 0.407 e. The number of ether oxygens (including phenoxy) is 1. The number of anilines is 2. The first-order valence-electron chi connectivity index (χ1n) is 10.2. The molecule has 0 radical (unpaired) electrons. The van der Waals surface area contributed by atoms with E-state index in [2.05, 4.69) is 25.8 Å². The number of nitrogens with one attached hydrogen (secondary N) is 3. The van der Waals surface area contributed by atoms with Crippen LogP contribution in [0.15, 0.2) is 18.3 Å². The maximum Gasteiger partial charge on any atom is 0.407 e. The Morgan fingerprint density at radius 3 is 2.87 bits per heavy atom. The Hall–Kier alpha value is -2.62. The molecule has 3 heterocycles. The lowest BCUT2D eigenvalue weighted by Gasteiger charge is -2.16. The monoisotopic (exact) mass is 433 g/mol. The van der Waals surface area contributed by atoms with Crippen molar-refractivity contribution in [3.05, 3.63) is 35.2 Å². The lowest BCUT2D eigenvalue weighted by atomic mass is 10.0. The number of aryl methyl sites for hydroxylation is 1. The van der Waals surface area contributed by atoms with Gasteiger partial charge in [0.25, 0.3) is 0 Å². The molecule has 0 spiro atoms. The molecule has 0 unspecified atom stereocenters. The fourth-order valence-electron chi connectivity index (χ4n) is 4.02. The lowest BCUT2D eigenvalue weighted by Crippen LogP contribution is -2.33. The van der Waals surface area contributed by atoms with Gasteiger partial charge < -0.3 is 15.4 Å². The molecule has 0 aromatic carbocycles. The van der Waals surface area contributed by atoms with Gasteiger partial charge in [0.1, 0.15) is 11.9 Å². The van der Waals surface area contributed by atoms with Crippen LogP contribution in [0.2, 0.25) is 0 Å². The molecule has 162 valence electrons. The van der Waals surface area contributed by atoms with Crippen molar-refractivity contribution in [3.8, 4) is 0 Å². The number of aromatic nitrogens is 3. The number of carbonyl (C=O) groups excluding carboxylic acids is 1. The third-order valence-corrected chi connectivity index (χ3v) is 7.08. The summed E-state index contributed by atoms with van der Waals surface area (Å²) in [7, 11) is -3.03. The van der Waals surface area contributed by atoms with Gasteiger partial charge in [0.05, 0.1) is 11.5 Å². The Morgan fingerprint density at radius 1 is 1.23 bits per heavy atom. The molecule has 0 saturated heterocycles. The van der Waals surface area contributed by atoms with E-state index in [0.29, 0.717) is 18.1 Å². The standard InChI is InChI=1S/C20H27N5O4S/c1-12(2)22-20(26)29-16-4-3-13(7-16)17-9-19(25-24-17)23-18-8-15-11-30(27,28)6-5-14(15)10-21-18/h8-10,12-13,16H,3-7,11H2,1-2H3,(H,22,26)(H2,21,23,24,25)/t13-,16+/m0/s1. The van der Waals surface area contributed by atoms with Gasteiger partial charge in [0.15, 0.2) is 15.7 Å². The number of hydrogen-bond donors (Lipinski definition) is 3. The molecule has 1 amide bonds. The summed E-state index contributed by atoms with van der Waals surface area (Å²) in [5.41, 5.74) is 2.76. The first-order chi connectivity index (χ1) is 14.3. The normalized spacial score (nSPS) is 22.5. The number of rotatable bonds is 5. The van der Waals surface area contributed by atoms with Crippen LogP contribution in [0.4, 0.5) is 16.4 Å². The summed E-state index contributed by atoms with van der Waals surface area (Å²) in [6.45, 7) is 3.79. The zero-order valence-corrected chi connectivity index (χ0v) is 18.0. The zero-order chi connectivity index (χ0) is 21.3. The molecule has 1 aliphatic carbocycles. The minimum Gasteiger partial charge on any atom is -0.446 e. The fraction of sp³-hybridized carbons (Fsp3) is 0.550. The summed E-state index contributed by atoms with van der Waals surface area (Å²) in [5, 5.41) is 13.3. The summed E-state index contributed by atoms with van der Waals surface area (Å²) in [5.74, 6) is 1.67. The molecule has 0 bridgehead atoms. The second-order valence-corrected chi connectivity index (χ2v) is 10.5. The number of pyridine rings is 1. The molecule has 1 saturated carbocycles. The average molecular weight is 434 g/mol. The number of sulfone groups is 1. The van der Waals surface area contributed by atoms with Gasteiger partial charge in [-0.05, 0) is 56.7 Å². The van der Waals surface area contributed by atoms with E-state index in [9.17, 15) is 13.2 Å². The first kappa shape index (κ1) is 20.6. The number of hydrogen-bond acceptors (Lipinski definition) is 7. The van der Waals surface area contributed by atoms with Crippen LogP contribution in [-0.2, 0) is 26.7 Å². The topological polar surface area (TPSA) is 126 Å². The van der Waals surface area contributed by atoms with Crippen LogP contribution in [-0.4, -0.2) is 47.6 Å². The van der Waals surface area contributed by atoms with Crippen LogP contribution in [0.1, 0.15) is 55.8 Å². The minimum atomic E-state index is -3.03. The Balaban J connectivity index is 1.37. The van der Waals surface area contributed by atoms with Gasteiger partial charge in [0, 0.05) is 29.9 Å². The van der Waals surface area contributed by atoms with Gasteiger partial charge in [-0.3, -0.25) is 5.10 Å². The van der Waals surface area contributed by atoms with Crippen LogP contribution >= 0.6 is 0 Å². The van der Waals surface area contributed by atoms with E-state index in [0.717, 1.165) is 36.1 Å². The molecular weight excluding hydrogens is 406 g/mol. The van der Waals surface area contributed by atoms with E-state index in [1.54, 1.807) is 12.3 Å². The zero-order valence-electron chi connectivity index (χ0n) is 17.1. The van der Waals surface area contributed by atoms with E-state index >= 15 is 0 Å². The summed E-state index contributed by atoms with van der Waals surface area (Å²) < 4.78 is 29.3. The molecule has 1 aliphatic heterocycles. The number of aromatic amines is 1. The summed E-state index contributed by atoms with van der Waals surface area (Å²) >= 11 is 0. The minimum absolute atomic E-state index is 0.0493. The Labute approximate surface area is 175 Å². The van der Waals surface area contributed by atoms with Crippen LogP contribution in [0.25, 0.3) is 0 Å². The summed E-state index contributed by atoms with van der Waals surface area (Å²) in [6, 6.07) is 3.76. The van der Waals surface area contributed by atoms with Crippen molar-refractivity contribution in [2.24, 2.45) is 0 Å². The Bertz CT molecular complexity index is 1030. The van der Waals surface area contributed by atoms with Crippen molar-refractivity contribution in [2.75, 3.05) is 11.1 Å². The van der Waals surface area contributed by atoms with Crippen molar-refractivity contribution in [2.45, 2.75) is 63.3 Å². The number of carbonyl (C=O) groups is 1. The number of fused-ring (bicyclic) bond motifs is 1. The van der Waals surface area contributed by atoms with Gasteiger partial charge in [0.2, 0.25) is 0 Å². The van der Waals surface area contributed by atoms with E-state index in [1.807, 2.05) is 19.9 Å². The SMILES string of the molecule is CC(C)NC(=O)O[C@@H]1CC[C@H](c2cc(Nc3cc4c(cn3)CCS(=O)(=O)C4)n[nH]2)C1. The van der Waals surface area contributed by atoms with Crippen LogP contribution in [0.3, 0.4) is 0 Å². The second-order valence-electron chi connectivity index (χ2n) is 8.35. The lowest BCUT2D eigenvalue weighted by molar-refractivity contribution is 0.0981. The van der Waals surface area contributed by atoms with Crippen LogP contribution in [0, 0.1) is 0 Å². The van der Waals surface area contributed by atoms with Crippen molar-refractivity contribution >= 4 is 27.6 Å². The van der Waals surface area contributed by atoms with Crippen LogP contribution in [0.5, 0.6) is 0 Å². The van der Waals surface area contributed by atoms with E-state index in [-0.39, 0.29) is 35.7 Å². The quantitative estimate of drug-likeness (QED) is 0.662. The third-order valence-electron chi connectivity index (χ3n) is 5.50. The van der Waals surface area contributed by atoms with Crippen molar-refractivity contribution in [1.82, 2.24) is 20.5 Å². The highest BCUT2D eigenvalue weighted by molar-refractivity contribution is 7.90. The molecule has 2 aromatic rings. The number of amides is 1. The maximum absolute atomic E-state index is 11.9. The van der Waals surface area contributed by atoms with Gasteiger partial charge in [-0.25, -0.2) is 18.2 Å². The highest BCUT2D eigenvalue weighted by Gasteiger charge is 2.30. The van der Waals surface area contributed by atoms with Crippen molar-refractivity contribution in [3.63, 3.8) is 0 Å². The highest BCUT2D eigenvalue weighted by Crippen LogP contribution is 2.36. The second kappa shape index (κ2) is 8.25. The van der Waals surface area contributed by atoms with Crippen molar-refractivity contribution in [1.29, 1.82) is 0 Å². The molecular formula is C20H27N5O4S. The fourth-order valence-corrected chi connectivity index (χ4v) is 5.44. The van der Waals surface area contributed by atoms with E-state index < -0.39 is 9.84 Å². The van der Waals surface area contributed by atoms with Crippen molar-refractivity contribution < 1.29 is 17.9 Å². The predicted molar refractivity (Wildman–Crippen MR) is 112 cm³/mol. The third kappa shape index (κ3) is 4.92. The molecule has 4 rings (SSSR count). The van der Waals surface area contributed by atoms with E-state index in [1.165, 1.54) is 0 Å². The van der Waals surface area contributed by atoms with Gasteiger partial charge >= 0.3 is 6.09 Å². The molecule has 30 heavy (non-hydrogen) atoms. The summed E-state index contributed by atoms with van der Waals surface area (Å²) in [4.78, 5) is 16.2. The predicted octanol–water partition coefficient (Wildman–Crippen LogP) is 2.79. The number of nitrogens with zero attached hydrogens (tertiary/aromatic N) is 2. The Kier molecular flexibility index (Phi) is 5.68. The molecule has 10 heteroatoms. The molecule has 3 N–H and O–H groups in total. The molecule has 1 fully saturated rings. The Morgan fingerprint density at radius 2 is 2.07 bits per heavy atom. The maximum atomic E-state index is 11.9. The molecule has 2 aliphatic rings. The summed E-state index contributed by atoms with van der Waals surface area (Å²) in [6.07, 6.45) is 4.26. The number of alkyl carbamates (subject to hydrolysis) is 1. The van der Waals surface area contributed by atoms with Gasteiger partial charge in [-0.2, -0.15) is 5.10 Å². The number of H-pyrrole nitrogens is 1. The molecule has 2 aromatic heterocycles. The van der Waals surface area contributed by atoms with Gasteiger partial charge in [-0.15, -0.1) is 0 Å². The first-order valence-corrected chi connectivity index (χ1v) is 12.1. The average Bonchev–Trinajstić information content (AvgIpc) is 3.29. The largest absolute Gasteiger partial charge is 0.446 e. The van der Waals surface area contributed by atoms with Gasteiger partial charge in [-0.1, -0.05) is 0 Å². The molecule has 2 atom stereocenters. The van der Waals surface area contributed by atoms with Crippen LogP contribution < -0.4 is 10.6 Å². The van der Waals surface area contributed by atoms with E-state index in [4.69, 9.17) is 4.74 Å². The highest BCUT2D eigenvalue weighted by atomic mass is 32.2. The molecule has 9 nitrogen and oxygen atoms in total.